The summed E-state index contributed by atoms with van der Waals surface area (Å²) in [6.07, 6.45) is 13.3. The number of allylic oxidation sites excluding steroid dienone is 5. The van der Waals surface area contributed by atoms with E-state index in [1.54, 1.807) is 6.08 Å². The van der Waals surface area contributed by atoms with Crippen LogP contribution in [0.25, 0.3) is 23.4 Å². The number of nitrogens with two attached hydrogens (primary N) is 1. The zero-order valence-corrected chi connectivity index (χ0v) is 19.4. The summed E-state index contributed by atoms with van der Waals surface area (Å²) < 4.78 is 0. The summed E-state index contributed by atoms with van der Waals surface area (Å²) in [4.78, 5) is 18.6. The van der Waals surface area contributed by atoms with Crippen molar-refractivity contribution in [3.05, 3.63) is 82.0 Å². The molecule has 0 fully saturated rings. The number of aryl methyl sites for hydroxylation is 2. The molecule has 0 aromatic carbocycles. The second-order valence-electron chi connectivity index (χ2n) is 5.35. The van der Waals surface area contributed by atoms with Gasteiger partial charge in [0.1, 0.15) is 0 Å². The highest BCUT2D eigenvalue weighted by Crippen LogP contribution is 2.21. The van der Waals surface area contributed by atoms with Gasteiger partial charge in [-0.1, -0.05) is 70.7 Å². The van der Waals surface area contributed by atoms with E-state index in [0.29, 0.717) is 5.56 Å². The van der Waals surface area contributed by atoms with Gasteiger partial charge in [-0.25, -0.2) is 0 Å². The zero-order valence-electron chi connectivity index (χ0n) is 19.4. The molecule has 29 heavy (non-hydrogen) atoms. The highest BCUT2D eigenvalue weighted by atomic mass is 16.1. The number of H-pyrrole nitrogens is 2. The average molecular weight is 398 g/mol. The van der Waals surface area contributed by atoms with Gasteiger partial charge in [0.05, 0.1) is 11.3 Å². The molecule has 0 atom stereocenters. The average Bonchev–Trinajstić information content (AvgIpc) is 3.13. The standard InChI is InChI=1S/C20H22N2O.2C2H6.CH5N/c1-5-7-9-11-18-14(3)12-17(20(23)22-18)19-13-16(10-8-6-2)15(4)21-19;3*1-2/h5-13,21H,2H2,1,3-4H3,(H,22,23);2*1-2H3;2H2,1H3/b7-5-,10-8-,11-9-;;;. The molecule has 0 saturated heterocycles. The van der Waals surface area contributed by atoms with Crippen molar-refractivity contribution in [2.75, 3.05) is 7.05 Å². The summed E-state index contributed by atoms with van der Waals surface area (Å²) in [7, 11) is 1.50. The summed E-state index contributed by atoms with van der Waals surface area (Å²) in [5.74, 6) is 0. The first-order chi connectivity index (χ1) is 14.1. The maximum absolute atomic E-state index is 12.4. The van der Waals surface area contributed by atoms with Crippen molar-refractivity contribution >= 4 is 12.2 Å². The van der Waals surface area contributed by atoms with Crippen LogP contribution in [0.3, 0.4) is 0 Å². The van der Waals surface area contributed by atoms with Gasteiger partial charge in [0, 0.05) is 11.4 Å². The lowest BCUT2D eigenvalue weighted by molar-refractivity contribution is 1.16. The van der Waals surface area contributed by atoms with Crippen molar-refractivity contribution < 1.29 is 0 Å². The lowest BCUT2D eigenvalue weighted by Gasteiger charge is -2.04. The predicted octanol–water partition coefficient (Wildman–Crippen LogP) is 6.40. The molecule has 0 aliphatic carbocycles. The van der Waals surface area contributed by atoms with Crippen LogP contribution in [0.2, 0.25) is 0 Å². The van der Waals surface area contributed by atoms with Crippen LogP contribution < -0.4 is 11.3 Å². The van der Waals surface area contributed by atoms with Gasteiger partial charge in [0.2, 0.25) is 0 Å². The van der Waals surface area contributed by atoms with E-state index in [1.165, 1.54) is 7.05 Å². The number of hydrogen-bond donors (Lipinski definition) is 3. The molecule has 0 aliphatic rings. The van der Waals surface area contributed by atoms with Crippen LogP contribution in [0.15, 0.2) is 53.9 Å². The Kier molecular flexibility index (Phi) is 16.9. The van der Waals surface area contributed by atoms with E-state index in [4.69, 9.17) is 0 Å². The Morgan fingerprint density at radius 3 is 2.10 bits per heavy atom. The monoisotopic (exact) mass is 397 g/mol. The molecular weight excluding hydrogens is 358 g/mol. The summed E-state index contributed by atoms with van der Waals surface area (Å²) in [5, 5.41) is 0. The van der Waals surface area contributed by atoms with Gasteiger partial charge in [-0.15, -0.1) is 0 Å². The molecule has 4 heteroatoms. The molecule has 2 aromatic rings. The molecule has 0 amide bonds. The Balaban J connectivity index is 0. The van der Waals surface area contributed by atoms with E-state index in [0.717, 1.165) is 28.2 Å². The topological polar surface area (TPSA) is 74.7 Å². The molecule has 0 spiro atoms. The fraction of sp³-hybridized carbons (Fsp3) is 0.320. The van der Waals surface area contributed by atoms with Crippen LogP contribution in [0.5, 0.6) is 0 Å². The number of aromatic amines is 2. The Morgan fingerprint density at radius 1 is 0.931 bits per heavy atom. The number of rotatable bonds is 5. The van der Waals surface area contributed by atoms with Crippen LogP contribution in [0.4, 0.5) is 0 Å². The fourth-order valence-electron chi connectivity index (χ4n) is 2.35. The predicted molar refractivity (Wildman–Crippen MR) is 132 cm³/mol. The van der Waals surface area contributed by atoms with Crippen LogP contribution in [0.1, 0.15) is 57.1 Å². The molecule has 2 aromatic heterocycles. The zero-order chi connectivity index (χ0) is 22.8. The van der Waals surface area contributed by atoms with Crippen molar-refractivity contribution in [2.24, 2.45) is 5.73 Å². The number of aromatic nitrogens is 2. The highest BCUT2D eigenvalue weighted by Gasteiger charge is 2.10. The first kappa shape index (κ1) is 28.4. The Labute approximate surface area is 177 Å². The van der Waals surface area contributed by atoms with Gasteiger partial charge in [0.25, 0.3) is 5.56 Å². The second-order valence-corrected chi connectivity index (χ2v) is 5.35. The van der Waals surface area contributed by atoms with Crippen LogP contribution >= 0.6 is 0 Å². The first-order valence-corrected chi connectivity index (χ1v) is 10.2. The van der Waals surface area contributed by atoms with E-state index in [2.05, 4.69) is 22.3 Å². The summed E-state index contributed by atoms with van der Waals surface area (Å²) in [6.45, 7) is 17.6. The lowest BCUT2D eigenvalue weighted by Crippen LogP contribution is -2.11. The maximum atomic E-state index is 12.4. The van der Waals surface area contributed by atoms with Crippen LogP contribution in [-0.4, -0.2) is 17.0 Å². The Hall–Kier alpha value is -2.85. The SMILES string of the molecule is C=C/C=C\c1cc(-c2cc(C)c(/C=C\C=C/C)[nH]c2=O)[nH]c1C.CC.CC.CN. The molecular formula is C25H39N3O. The summed E-state index contributed by atoms with van der Waals surface area (Å²) in [6, 6.07) is 3.90. The van der Waals surface area contributed by atoms with Crippen LogP contribution in [-0.2, 0) is 0 Å². The fourth-order valence-corrected chi connectivity index (χ4v) is 2.35. The van der Waals surface area contributed by atoms with E-state index in [9.17, 15) is 4.79 Å². The minimum Gasteiger partial charge on any atom is -0.358 e. The van der Waals surface area contributed by atoms with Crippen molar-refractivity contribution in [1.82, 2.24) is 9.97 Å². The lowest BCUT2D eigenvalue weighted by atomic mass is 10.1. The van der Waals surface area contributed by atoms with Crippen LogP contribution in [0, 0.1) is 13.8 Å². The van der Waals surface area contributed by atoms with Crippen molar-refractivity contribution in [3.63, 3.8) is 0 Å². The maximum Gasteiger partial charge on any atom is 0.257 e. The minimum atomic E-state index is -0.101. The third kappa shape index (κ3) is 9.26. The minimum absolute atomic E-state index is 0.101. The molecule has 0 bridgehead atoms. The van der Waals surface area contributed by atoms with E-state index in [-0.39, 0.29) is 5.56 Å². The van der Waals surface area contributed by atoms with Gasteiger partial charge in [-0.3, -0.25) is 4.79 Å². The summed E-state index contributed by atoms with van der Waals surface area (Å²) in [5.41, 5.74) is 9.78. The second kappa shape index (κ2) is 17.3. The molecule has 0 aliphatic heterocycles. The third-order valence-electron chi connectivity index (χ3n) is 3.60. The molecule has 0 saturated carbocycles. The van der Waals surface area contributed by atoms with Gasteiger partial charge in [-0.05, 0) is 57.2 Å². The van der Waals surface area contributed by atoms with Crippen molar-refractivity contribution in [3.8, 4) is 11.3 Å². The summed E-state index contributed by atoms with van der Waals surface area (Å²) >= 11 is 0. The number of hydrogen-bond acceptors (Lipinski definition) is 2. The number of nitrogens with one attached hydrogen (secondary N) is 2. The molecule has 4 N–H and O–H groups in total. The normalized spacial score (nSPS) is 10.1. The van der Waals surface area contributed by atoms with Crippen molar-refractivity contribution in [1.29, 1.82) is 0 Å². The molecule has 2 rings (SSSR count). The highest BCUT2D eigenvalue weighted by molar-refractivity contribution is 5.68. The van der Waals surface area contributed by atoms with E-state index in [1.807, 2.05) is 97.1 Å². The van der Waals surface area contributed by atoms with E-state index < -0.39 is 0 Å². The van der Waals surface area contributed by atoms with Gasteiger partial charge in [-0.2, -0.15) is 0 Å². The van der Waals surface area contributed by atoms with Gasteiger partial charge < -0.3 is 15.7 Å². The Morgan fingerprint density at radius 2 is 1.55 bits per heavy atom. The molecule has 0 radical (unpaired) electrons. The molecule has 0 unspecified atom stereocenters. The quantitative estimate of drug-likeness (QED) is 0.510. The van der Waals surface area contributed by atoms with Crippen molar-refractivity contribution in [2.45, 2.75) is 48.5 Å². The smallest absolute Gasteiger partial charge is 0.257 e. The largest absolute Gasteiger partial charge is 0.358 e. The first-order valence-electron chi connectivity index (χ1n) is 10.2. The molecule has 160 valence electrons. The third-order valence-corrected chi connectivity index (χ3v) is 3.60. The van der Waals surface area contributed by atoms with E-state index >= 15 is 0 Å². The van der Waals surface area contributed by atoms with Gasteiger partial charge >= 0.3 is 0 Å². The Bertz CT molecular complexity index is 849. The molecule has 2 heterocycles. The van der Waals surface area contributed by atoms with Gasteiger partial charge in [0.15, 0.2) is 0 Å². The molecule has 4 nitrogen and oxygen atoms in total. The number of pyridine rings is 1.